The number of nitrogens with zero attached hydrogens (tertiary/aromatic N) is 4. The third-order valence-corrected chi connectivity index (χ3v) is 5.40. The minimum Gasteiger partial charge on any atom is -0.378 e. The quantitative estimate of drug-likeness (QED) is 0.547. The monoisotopic (exact) mass is 403 g/mol. The molecule has 1 N–H and O–H groups in total. The summed E-state index contributed by atoms with van der Waals surface area (Å²) < 4.78 is 22.1. The van der Waals surface area contributed by atoms with Crippen molar-refractivity contribution in [2.24, 2.45) is 0 Å². The summed E-state index contributed by atoms with van der Waals surface area (Å²) in [4.78, 5) is 11.1. The van der Waals surface area contributed by atoms with Crippen molar-refractivity contribution in [3.63, 3.8) is 0 Å². The van der Waals surface area contributed by atoms with Crippen LogP contribution in [0.1, 0.15) is 5.56 Å². The molecule has 5 rings (SSSR count). The number of nitrogens with one attached hydrogen (secondary N) is 1. The van der Waals surface area contributed by atoms with Crippen LogP contribution in [0.3, 0.4) is 0 Å². The van der Waals surface area contributed by atoms with Gasteiger partial charge in [-0.1, -0.05) is 12.1 Å². The molecule has 4 aromatic rings. The molecule has 30 heavy (non-hydrogen) atoms. The molecule has 0 aliphatic carbocycles. The molecule has 1 saturated heterocycles. The third kappa shape index (κ3) is 3.37. The Labute approximate surface area is 174 Å². The van der Waals surface area contributed by atoms with Crippen LogP contribution >= 0.6 is 0 Å². The lowest BCUT2D eigenvalue weighted by Gasteiger charge is -2.29. The van der Waals surface area contributed by atoms with Gasteiger partial charge >= 0.3 is 0 Å². The highest BCUT2D eigenvalue weighted by Gasteiger charge is 2.19. The van der Waals surface area contributed by atoms with Crippen LogP contribution in [0.15, 0.2) is 61.1 Å². The summed E-state index contributed by atoms with van der Waals surface area (Å²) in [6.45, 7) is 5.18. The number of rotatable bonds is 4. The van der Waals surface area contributed by atoms with E-state index in [-0.39, 0.29) is 5.82 Å². The summed E-state index contributed by atoms with van der Waals surface area (Å²) in [5.74, 6) is 0.414. The average Bonchev–Trinajstić information content (AvgIpc) is 3.13. The Hall–Kier alpha value is -3.45. The fraction of sp³-hybridized carbons (Fsp3) is 0.217. The van der Waals surface area contributed by atoms with E-state index in [1.807, 2.05) is 35.7 Å². The number of halogens is 1. The summed E-state index contributed by atoms with van der Waals surface area (Å²) in [6.07, 6.45) is 5.19. The molecule has 0 saturated carbocycles. The van der Waals surface area contributed by atoms with Gasteiger partial charge in [0.05, 0.1) is 19.4 Å². The molecule has 0 atom stereocenters. The Morgan fingerprint density at radius 1 is 1.07 bits per heavy atom. The van der Waals surface area contributed by atoms with Gasteiger partial charge in [-0.15, -0.1) is 0 Å². The topological polar surface area (TPSA) is 54.7 Å². The summed E-state index contributed by atoms with van der Waals surface area (Å²) in [7, 11) is 0. The summed E-state index contributed by atoms with van der Waals surface area (Å²) >= 11 is 0. The molecular weight excluding hydrogens is 381 g/mol. The van der Waals surface area contributed by atoms with Crippen LogP contribution in [-0.2, 0) is 4.74 Å². The van der Waals surface area contributed by atoms with Crippen molar-refractivity contribution in [1.29, 1.82) is 0 Å². The van der Waals surface area contributed by atoms with Gasteiger partial charge in [-0.2, -0.15) is 0 Å². The van der Waals surface area contributed by atoms with E-state index < -0.39 is 0 Å². The van der Waals surface area contributed by atoms with Crippen LogP contribution in [0.25, 0.3) is 16.9 Å². The molecule has 2 aromatic heterocycles. The van der Waals surface area contributed by atoms with E-state index in [1.165, 1.54) is 6.07 Å². The Kier molecular flexibility index (Phi) is 4.80. The predicted molar refractivity (Wildman–Crippen MR) is 116 cm³/mol. The van der Waals surface area contributed by atoms with Crippen LogP contribution in [0.4, 0.5) is 21.6 Å². The highest BCUT2D eigenvalue weighted by Crippen LogP contribution is 2.34. The van der Waals surface area contributed by atoms with Crippen LogP contribution in [0.2, 0.25) is 0 Å². The van der Waals surface area contributed by atoms with Gasteiger partial charge in [0.15, 0.2) is 5.65 Å². The second-order valence-corrected chi connectivity index (χ2v) is 7.32. The molecule has 6 nitrogen and oxygen atoms in total. The summed E-state index contributed by atoms with van der Waals surface area (Å²) in [6, 6.07) is 13.3. The van der Waals surface area contributed by atoms with Crippen molar-refractivity contribution in [3.8, 4) is 11.3 Å². The number of aryl methyl sites for hydroxylation is 1. The maximum atomic E-state index is 14.7. The average molecular weight is 403 g/mol. The van der Waals surface area contributed by atoms with Crippen LogP contribution in [0.5, 0.6) is 0 Å². The van der Waals surface area contributed by atoms with Gasteiger partial charge in [0.25, 0.3) is 0 Å². The van der Waals surface area contributed by atoms with Crippen LogP contribution in [-0.4, -0.2) is 40.7 Å². The number of benzene rings is 2. The summed E-state index contributed by atoms with van der Waals surface area (Å²) in [5, 5.41) is 3.44. The number of imidazole rings is 1. The van der Waals surface area contributed by atoms with E-state index in [4.69, 9.17) is 4.74 Å². The van der Waals surface area contributed by atoms with Gasteiger partial charge in [0, 0.05) is 42.4 Å². The fourth-order valence-electron chi connectivity index (χ4n) is 3.85. The Morgan fingerprint density at radius 2 is 1.87 bits per heavy atom. The fourth-order valence-corrected chi connectivity index (χ4v) is 3.85. The molecule has 1 aliphatic rings. The third-order valence-electron chi connectivity index (χ3n) is 5.40. The van der Waals surface area contributed by atoms with E-state index in [2.05, 4.69) is 32.3 Å². The van der Waals surface area contributed by atoms with E-state index >= 15 is 0 Å². The van der Waals surface area contributed by atoms with Crippen molar-refractivity contribution in [3.05, 3.63) is 72.4 Å². The second-order valence-electron chi connectivity index (χ2n) is 7.32. The van der Waals surface area contributed by atoms with Gasteiger partial charge in [-0.05, 0) is 42.8 Å². The molecule has 0 spiro atoms. The lowest BCUT2D eigenvalue weighted by atomic mass is 10.0. The highest BCUT2D eigenvalue weighted by atomic mass is 19.1. The molecule has 0 bridgehead atoms. The van der Waals surface area contributed by atoms with Gasteiger partial charge in [-0.3, -0.25) is 9.38 Å². The second kappa shape index (κ2) is 7.76. The number of ether oxygens (including phenoxy) is 1. The number of fused-ring (bicyclic) bond motifs is 1. The van der Waals surface area contributed by atoms with E-state index in [0.29, 0.717) is 22.7 Å². The highest BCUT2D eigenvalue weighted by molar-refractivity contribution is 5.81. The number of hydrogen-bond donors (Lipinski definition) is 1. The molecule has 152 valence electrons. The maximum absolute atomic E-state index is 14.7. The van der Waals surface area contributed by atoms with E-state index in [0.717, 1.165) is 43.2 Å². The van der Waals surface area contributed by atoms with Crippen molar-refractivity contribution < 1.29 is 9.13 Å². The van der Waals surface area contributed by atoms with Gasteiger partial charge in [0.1, 0.15) is 17.3 Å². The Morgan fingerprint density at radius 3 is 2.63 bits per heavy atom. The molecular formula is C23H22FN5O. The van der Waals surface area contributed by atoms with Gasteiger partial charge < -0.3 is 15.0 Å². The van der Waals surface area contributed by atoms with Crippen LogP contribution < -0.4 is 10.2 Å². The Bertz CT molecular complexity index is 1160. The minimum atomic E-state index is -0.294. The maximum Gasteiger partial charge on any atom is 0.157 e. The smallest absolute Gasteiger partial charge is 0.157 e. The number of morpholine rings is 1. The normalized spacial score (nSPS) is 14.3. The largest absolute Gasteiger partial charge is 0.378 e. The van der Waals surface area contributed by atoms with Crippen LogP contribution in [0, 0.1) is 12.7 Å². The van der Waals surface area contributed by atoms with Gasteiger partial charge in [0.2, 0.25) is 0 Å². The molecule has 1 aliphatic heterocycles. The lowest BCUT2D eigenvalue weighted by molar-refractivity contribution is 0.122. The minimum absolute atomic E-state index is 0.294. The SMILES string of the molecule is Cc1cccc(F)c1-c1nc2cnccn2c1Nc1ccc(N2CCOCC2)cc1. The van der Waals surface area contributed by atoms with Crippen molar-refractivity contribution in [2.45, 2.75) is 6.92 Å². The first-order valence-corrected chi connectivity index (χ1v) is 9.98. The molecule has 7 heteroatoms. The number of hydrogen-bond acceptors (Lipinski definition) is 5. The van der Waals surface area contributed by atoms with Gasteiger partial charge in [-0.25, -0.2) is 9.37 Å². The zero-order chi connectivity index (χ0) is 20.5. The van der Waals surface area contributed by atoms with Crippen molar-refractivity contribution in [2.75, 3.05) is 36.5 Å². The van der Waals surface area contributed by atoms with E-state index in [9.17, 15) is 4.39 Å². The standard InChI is InChI=1S/C23H22FN5O/c1-16-3-2-4-19(24)21(16)22-23(29-10-9-25-15-20(29)27-22)26-17-5-7-18(8-6-17)28-11-13-30-14-12-28/h2-10,15,26H,11-14H2,1H3. The van der Waals surface area contributed by atoms with E-state index in [1.54, 1.807) is 18.5 Å². The summed E-state index contributed by atoms with van der Waals surface area (Å²) in [5.41, 5.74) is 4.61. The number of anilines is 3. The predicted octanol–water partition coefficient (Wildman–Crippen LogP) is 4.42. The molecule has 0 amide bonds. The lowest BCUT2D eigenvalue weighted by Crippen LogP contribution is -2.36. The zero-order valence-corrected chi connectivity index (χ0v) is 16.7. The first-order chi connectivity index (χ1) is 14.7. The van der Waals surface area contributed by atoms with Crippen molar-refractivity contribution >= 4 is 22.8 Å². The molecule has 2 aromatic carbocycles. The molecule has 1 fully saturated rings. The number of aromatic nitrogens is 3. The van der Waals surface area contributed by atoms with Crippen molar-refractivity contribution in [1.82, 2.24) is 14.4 Å². The Balaban J connectivity index is 1.54. The molecule has 3 heterocycles. The first-order valence-electron chi connectivity index (χ1n) is 9.98. The first kappa shape index (κ1) is 18.6. The molecule has 0 unspecified atom stereocenters. The zero-order valence-electron chi connectivity index (χ0n) is 16.7. The molecule has 0 radical (unpaired) electrons.